The van der Waals surface area contributed by atoms with Crippen LogP contribution in [0.5, 0.6) is 11.5 Å². The van der Waals surface area contributed by atoms with E-state index in [9.17, 15) is 14.4 Å². The number of hydrogen-bond acceptors (Lipinski definition) is 7. The molecule has 0 saturated carbocycles. The van der Waals surface area contributed by atoms with Gasteiger partial charge in [-0.15, -0.1) is 0 Å². The van der Waals surface area contributed by atoms with E-state index in [1.807, 2.05) is 20.8 Å². The monoisotopic (exact) mass is 478 g/mol. The molecule has 0 fully saturated rings. The highest BCUT2D eigenvalue weighted by Gasteiger charge is 2.38. The van der Waals surface area contributed by atoms with Crippen LogP contribution < -0.4 is 25.0 Å². The summed E-state index contributed by atoms with van der Waals surface area (Å²) < 4.78 is 16.2. The molecule has 182 valence electrons. The SMILES string of the molecule is CC(C)(C)NC(=O)C(c1ccco1)N(C(=O)C(=O)NCc1ccc2c(c1)OCO2)c1cccnc1. The van der Waals surface area contributed by atoms with E-state index in [1.165, 1.54) is 18.7 Å². The number of furan rings is 1. The summed E-state index contributed by atoms with van der Waals surface area (Å²) in [7, 11) is 0. The van der Waals surface area contributed by atoms with Crippen LogP contribution in [0.2, 0.25) is 0 Å². The van der Waals surface area contributed by atoms with Crippen LogP contribution in [0.4, 0.5) is 5.69 Å². The number of carbonyl (C=O) groups excluding carboxylic acids is 3. The molecule has 1 aromatic carbocycles. The first-order valence-corrected chi connectivity index (χ1v) is 11.0. The van der Waals surface area contributed by atoms with Crippen LogP contribution in [0, 0.1) is 0 Å². The van der Waals surface area contributed by atoms with Crippen LogP contribution in [0.15, 0.2) is 65.5 Å². The number of carbonyl (C=O) groups is 3. The molecule has 0 saturated heterocycles. The van der Waals surface area contributed by atoms with E-state index < -0.39 is 29.3 Å². The first-order chi connectivity index (χ1) is 16.7. The second-order valence-electron chi connectivity index (χ2n) is 8.91. The molecule has 3 amide bonds. The smallest absolute Gasteiger partial charge is 0.317 e. The third-order valence-corrected chi connectivity index (χ3v) is 5.04. The highest BCUT2D eigenvalue weighted by molar-refractivity contribution is 6.41. The minimum absolute atomic E-state index is 0.0711. The molecule has 1 unspecified atom stereocenters. The van der Waals surface area contributed by atoms with Gasteiger partial charge in [0.15, 0.2) is 17.5 Å². The number of amides is 3. The Morgan fingerprint density at radius 3 is 2.57 bits per heavy atom. The molecule has 0 aliphatic carbocycles. The number of ether oxygens (including phenoxy) is 2. The normalized spacial score (nSPS) is 13.1. The van der Waals surface area contributed by atoms with Gasteiger partial charge < -0.3 is 24.5 Å². The first kappa shape index (κ1) is 23.8. The van der Waals surface area contributed by atoms with Crippen LogP contribution in [-0.4, -0.2) is 35.0 Å². The fourth-order valence-electron chi connectivity index (χ4n) is 3.56. The van der Waals surface area contributed by atoms with Gasteiger partial charge in [0.2, 0.25) is 6.79 Å². The minimum atomic E-state index is -1.24. The van der Waals surface area contributed by atoms with Gasteiger partial charge in [-0.05, 0) is 62.7 Å². The highest BCUT2D eigenvalue weighted by Crippen LogP contribution is 2.32. The van der Waals surface area contributed by atoms with Gasteiger partial charge in [-0.1, -0.05) is 6.07 Å². The highest BCUT2D eigenvalue weighted by atomic mass is 16.7. The number of aromatic nitrogens is 1. The molecule has 10 nitrogen and oxygen atoms in total. The molecule has 2 aromatic heterocycles. The van der Waals surface area contributed by atoms with E-state index in [2.05, 4.69) is 15.6 Å². The standard InChI is InChI=1S/C25H26N4O6/c1-25(2,3)28-22(30)21(19-7-5-11-33-19)29(17-6-4-10-26-14-17)24(32)23(31)27-13-16-8-9-18-20(12-16)35-15-34-18/h4-12,14,21H,13,15H2,1-3H3,(H,27,31)(H,28,30). The van der Waals surface area contributed by atoms with E-state index in [-0.39, 0.29) is 24.8 Å². The van der Waals surface area contributed by atoms with Crippen molar-refractivity contribution in [1.29, 1.82) is 0 Å². The average molecular weight is 479 g/mol. The van der Waals surface area contributed by atoms with Crippen molar-refractivity contribution in [3.63, 3.8) is 0 Å². The predicted octanol–water partition coefficient (Wildman–Crippen LogP) is 2.71. The first-order valence-electron chi connectivity index (χ1n) is 11.0. The Bertz CT molecular complexity index is 1200. The van der Waals surface area contributed by atoms with Crippen molar-refractivity contribution >= 4 is 23.4 Å². The number of benzene rings is 1. The lowest BCUT2D eigenvalue weighted by Gasteiger charge is -2.31. The van der Waals surface area contributed by atoms with Crippen LogP contribution in [-0.2, 0) is 20.9 Å². The van der Waals surface area contributed by atoms with E-state index in [0.717, 1.165) is 10.5 Å². The molecule has 1 aliphatic rings. The van der Waals surface area contributed by atoms with Crippen molar-refractivity contribution in [1.82, 2.24) is 15.6 Å². The number of hydrogen-bond donors (Lipinski definition) is 2. The van der Waals surface area contributed by atoms with Gasteiger partial charge in [0.25, 0.3) is 5.91 Å². The number of nitrogens with one attached hydrogen (secondary N) is 2. The molecule has 2 N–H and O–H groups in total. The van der Waals surface area contributed by atoms with Crippen molar-refractivity contribution in [2.24, 2.45) is 0 Å². The van der Waals surface area contributed by atoms with Crippen molar-refractivity contribution in [2.45, 2.75) is 38.9 Å². The molecule has 35 heavy (non-hydrogen) atoms. The van der Waals surface area contributed by atoms with Gasteiger partial charge in [0.1, 0.15) is 5.76 Å². The summed E-state index contributed by atoms with van der Waals surface area (Å²) in [6.07, 6.45) is 4.34. The summed E-state index contributed by atoms with van der Waals surface area (Å²) in [5.74, 6) is -0.960. The van der Waals surface area contributed by atoms with Crippen molar-refractivity contribution < 1.29 is 28.3 Å². The maximum Gasteiger partial charge on any atom is 0.317 e. The molecule has 10 heteroatoms. The van der Waals surface area contributed by atoms with Gasteiger partial charge in [-0.3, -0.25) is 24.3 Å². The Balaban J connectivity index is 1.61. The van der Waals surface area contributed by atoms with E-state index >= 15 is 0 Å². The van der Waals surface area contributed by atoms with Crippen molar-refractivity contribution in [3.8, 4) is 11.5 Å². The predicted molar refractivity (Wildman–Crippen MR) is 125 cm³/mol. The Morgan fingerprint density at radius 2 is 1.89 bits per heavy atom. The van der Waals surface area contributed by atoms with Crippen molar-refractivity contribution in [3.05, 3.63) is 72.4 Å². The maximum atomic E-state index is 13.5. The van der Waals surface area contributed by atoms with Gasteiger partial charge >= 0.3 is 11.8 Å². The molecule has 0 spiro atoms. The number of anilines is 1. The zero-order valence-electron chi connectivity index (χ0n) is 19.6. The molecule has 3 heterocycles. The summed E-state index contributed by atoms with van der Waals surface area (Å²) in [6.45, 7) is 5.66. The molecule has 1 aliphatic heterocycles. The zero-order valence-corrected chi connectivity index (χ0v) is 19.6. The summed E-state index contributed by atoms with van der Waals surface area (Å²) in [5, 5.41) is 5.48. The Morgan fingerprint density at radius 1 is 1.09 bits per heavy atom. The van der Waals surface area contributed by atoms with E-state index in [4.69, 9.17) is 13.9 Å². The fourth-order valence-corrected chi connectivity index (χ4v) is 3.56. The third-order valence-electron chi connectivity index (χ3n) is 5.04. The number of rotatable bonds is 6. The second kappa shape index (κ2) is 9.88. The summed E-state index contributed by atoms with van der Waals surface area (Å²) in [6, 6.07) is 10.4. The Hall–Kier alpha value is -4.34. The Kier molecular flexibility index (Phi) is 6.72. The van der Waals surface area contributed by atoms with Crippen LogP contribution >= 0.6 is 0 Å². The molecule has 3 aromatic rings. The lowest BCUT2D eigenvalue weighted by molar-refractivity contribution is -0.139. The molecule has 0 bridgehead atoms. The molecule has 1 atom stereocenters. The van der Waals surface area contributed by atoms with Gasteiger partial charge in [0, 0.05) is 18.3 Å². The van der Waals surface area contributed by atoms with Crippen LogP contribution in [0.1, 0.15) is 38.1 Å². The summed E-state index contributed by atoms with van der Waals surface area (Å²) in [5.41, 5.74) is 0.394. The van der Waals surface area contributed by atoms with E-state index in [0.29, 0.717) is 11.5 Å². The van der Waals surface area contributed by atoms with E-state index in [1.54, 1.807) is 42.5 Å². The number of pyridine rings is 1. The number of nitrogens with zero attached hydrogens (tertiary/aromatic N) is 2. The lowest BCUT2D eigenvalue weighted by atomic mass is 10.1. The maximum absolute atomic E-state index is 13.5. The second-order valence-corrected chi connectivity index (χ2v) is 8.91. The van der Waals surface area contributed by atoms with Gasteiger partial charge in [0.05, 0.1) is 18.1 Å². The van der Waals surface area contributed by atoms with Crippen LogP contribution in [0.25, 0.3) is 0 Å². The Labute approximate surface area is 202 Å². The zero-order chi connectivity index (χ0) is 25.0. The third kappa shape index (κ3) is 5.60. The van der Waals surface area contributed by atoms with Gasteiger partial charge in [-0.25, -0.2) is 0 Å². The topological polar surface area (TPSA) is 123 Å². The molecular formula is C25H26N4O6. The summed E-state index contributed by atoms with van der Waals surface area (Å²) >= 11 is 0. The molecular weight excluding hydrogens is 452 g/mol. The largest absolute Gasteiger partial charge is 0.467 e. The lowest BCUT2D eigenvalue weighted by Crippen LogP contribution is -2.52. The van der Waals surface area contributed by atoms with Gasteiger partial charge in [-0.2, -0.15) is 0 Å². The van der Waals surface area contributed by atoms with Crippen LogP contribution in [0.3, 0.4) is 0 Å². The molecule has 0 radical (unpaired) electrons. The number of fused-ring (bicyclic) bond motifs is 1. The average Bonchev–Trinajstić information content (AvgIpc) is 3.51. The molecule has 4 rings (SSSR count). The minimum Gasteiger partial charge on any atom is -0.467 e. The van der Waals surface area contributed by atoms with Crippen molar-refractivity contribution in [2.75, 3.05) is 11.7 Å². The quantitative estimate of drug-likeness (QED) is 0.522. The summed E-state index contributed by atoms with van der Waals surface area (Å²) in [4.78, 5) is 45.0. The fraction of sp³-hybridized carbons (Fsp3) is 0.280.